The summed E-state index contributed by atoms with van der Waals surface area (Å²) in [6, 6.07) is 7.01. The predicted molar refractivity (Wildman–Crippen MR) is 87.0 cm³/mol. The van der Waals surface area contributed by atoms with Gasteiger partial charge in [0.15, 0.2) is 0 Å². The van der Waals surface area contributed by atoms with Gasteiger partial charge in [-0.1, -0.05) is 32.6 Å². The zero-order valence-corrected chi connectivity index (χ0v) is 13.6. The molecule has 2 N–H and O–H groups in total. The van der Waals surface area contributed by atoms with Crippen LogP contribution in [0.4, 0.5) is 5.69 Å². The Bertz CT molecular complexity index is 520. The molecule has 2 rings (SSSR count). The molecule has 0 spiro atoms. The highest BCUT2D eigenvalue weighted by molar-refractivity contribution is 7.89. The largest absolute Gasteiger partial charge is 0.385 e. The first-order valence-electron chi connectivity index (χ1n) is 7.95. The van der Waals surface area contributed by atoms with Crippen LogP contribution in [0.2, 0.25) is 0 Å². The molecule has 0 aliphatic heterocycles. The van der Waals surface area contributed by atoms with Crippen molar-refractivity contribution in [2.24, 2.45) is 5.92 Å². The molecule has 1 aliphatic rings. The molecule has 0 amide bonds. The minimum Gasteiger partial charge on any atom is -0.385 e. The fourth-order valence-corrected chi connectivity index (χ4v) is 3.93. The lowest BCUT2D eigenvalue weighted by molar-refractivity contribution is 0.518. The van der Waals surface area contributed by atoms with E-state index in [1.807, 2.05) is 19.1 Å². The van der Waals surface area contributed by atoms with E-state index in [1.54, 1.807) is 12.1 Å². The van der Waals surface area contributed by atoms with Gasteiger partial charge in [0.2, 0.25) is 10.0 Å². The van der Waals surface area contributed by atoms with Gasteiger partial charge in [0.05, 0.1) is 4.90 Å². The fraction of sp³-hybridized carbons (Fsp3) is 0.625. The molecule has 118 valence electrons. The lowest BCUT2D eigenvalue weighted by Gasteiger charge is -2.11. The topological polar surface area (TPSA) is 58.2 Å². The average Bonchev–Trinajstić information content (AvgIpc) is 2.99. The van der Waals surface area contributed by atoms with E-state index >= 15 is 0 Å². The van der Waals surface area contributed by atoms with Crippen molar-refractivity contribution in [1.29, 1.82) is 0 Å². The van der Waals surface area contributed by atoms with Crippen LogP contribution in [0, 0.1) is 5.92 Å². The average molecular weight is 310 g/mol. The highest BCUT2D eigenvalue weighted by Gasteiger charge is 2.14. The van der Waals surface area contributed by atoms with Gasteiger partial charge in [0.1, 0.15) is 0 Å². The van der Waals surface area contributed by atoms with Crippen LogP contribution in [0.25, 0.3) is 0 Å². The van der Waals surface area contributed by atoms with Crippen molar-refractivity contribution < 1.29 is 8.42 Å². The second-order valence-corrected chi connectivity index (χ2v) is 7.56. The Balaban J connectivity index is 1.83. The quantitative estimate of drug-likeness (QED) is 0.774. The van der Waals surface area contributed by atoms with E-state index < -0.39 is 10.0 Å². The van der Waals surface area contributed by atoms with E-state index in [1.165, 1.54) is 32.1 Å². The highest BCUT2D eigenvalue weighted by Crippen LogP contribution is 2.27. The van der Waals surface area contributed by atoms with E-state index in [2.05, 4.69) is 10.0 Å². The Hall–Kier alpha value is -1.07. The summed E-state index contributed by atoms with van der Waals surface area (Å²) in [6.07, 6.45) is 7.48. The molecule has 0 saturated heterocycles. The molecule has 5 heteroatoms. The SMILES string of the molecule is CCCNS(=O)(=O)c1ccc(NCCC2CCCC2)cc1. The molecular formula is C16H26N2O2S. The summed E-state index contributed by atoms with van der Waals surface area (Å²) in [7, 11) is -3.35. The number of benzene rings is 1. The highest BCUT2D eigenvalue weighted by atomic mass is 32.2. The second-order valence-electron chi connectivity index (χ2n) is 5.79. The number of sulfonamides is 1. The van der Waals surface area contributed by atoms with E-state index in [4.69, 9.17) is 0 Å². The third kappa shape index (κ3) is 5.00. The predicted octanol–water partition coefficient (Wildman–Crippen LogP) is 3.37. The third-order valence-corrected chi connectivity index (χ3v) is 5.54. The standard InChI is InChI=1S/C16H26N2O2S/c1-2-12-18-21(19,20)16-9-7-15(8-10-16)17-13-11-14-5-3-4-6-14/h7-10,14,17-18H,2-6,11-13H2,1H3. The van der Waals surface area contributed by atoms with Gasteiger partial charge in [-0.3, -0.25) is 0 Å². The van der Waals surface area contributed by atoms with Crippen molar-refractivity contribution in [1.82, 2.24) is 4.72 Å². The van der Waals surface area contributed by atoms with Crippen LogP contribution >= 0.6 is 0 Å². The smallest absolute Gasteiger partial charge is 0.240 e. The van der Waals surface area contributed by atoms with Gasteiger partial charge in [-0.2, -0.15) is 0 Å². The zero-order valence-electron chi connectivity index (χ0n) is 12.8. The summed E-state index contributed by atoms with van der Waals surface area (Å²) in [6.45, 7) is 3.38. The van der Waals surface area contributed by atoms with Gasteiger partial charge in [-0.05, 0) is 43.0 Å². The first kappa shape index (κ1) is 16.3. The lowest BCUT2D eigenvalue weighted by Crippen LogP contribution is -2.24. The van der Waals surface area contributed by atoms with E-state index in [9.17, 15) is 8.42 Å². The molecule has 1 aliphatic carbocycles. The van der Waals surface area contributed by atoms with Crippen molar-refractivity contribution in [3.63, 3.8) is 0 Å². The van der Waals surface area contributed by atoms with Gasteiger partial charge in [0.25, 0.3) is 0 Å². The Labute approximate surface area is 128 Å². The molecule has 0 heterocycles. The minimum atomic E-state index is -3.35. The Kier molecular flexibility index (Phi) is 6.06. The van der Waals surface area contributed by atoms with Crippen molar-refractivity contribution in [2.45, 2.75) is 50.3 Å². The molecule has 1 saturated carbocycles. The first-order valence-corrected chi connectivity index (χ1v) is 9.44. The Morgan fingerprint density at radius 3 is 2.38 bits per heavy atom. The third-order valence-electron chi connectivity index (χ3n) is 4.06. The van der Waals surface area contributed by atoms with Crippen LogP contribution in [-0.2, 0) is 10.0 Å². The van der Waals surface area contributed by atoms with Crippen molar-refractivity contribution >= 4 is 15.7 Å². The molecule has 1 aromatic rings. The number of rotatable bonds is 8. The van der Waals surface area contributed by atoms with Gasteiger partial charge in [-0.15, -0.1) is 0 Å². The maximum atomic E-state index is 12.0. The van der Waals surface area contributed by atoms with Gasteiger partial charge in [0, 0.05) is 18.8 Å². The van der Waals surface area contributed by atoms with Crippen LogP contribution in [0.5, 0.6) is 0 Å². The van der Waals surface area contributed by atoms with E-state index in [0.717, 1.165) is 24.6 Å². The number of hydrogen-bond acceptors (Lipinski definition) is 3. The molecular weight excluding hydrogens is 284 g/mol. The summed E-state index contributed by atoms with van der Waals surface area (Å²) in [5.74, 6) is 0.871. The Morgan fingerprint density at radius 1 is 1.10 bits per heavy atom. The van der Waals surface area contributed by atoms with Crippen molar-refractivity contribution in [3.05, 3.63) is 24.3 Å². The second kappa shape index (κ2) is 7.80. The maximum absolute atomic E-state index is 12.0. The molecule has 0 bridgehead atoms. The zero-order chi connectivity index (χ0) is 15.1. The van der Waals surface area contributed by atoms with Crippen molar-refractivity contribution in [3.8, 4) is 0 Å². The molecule has 0 radical (unpaired) electrons. The Morgan fingerprint density at radius 2 is 1.76 bits per heavy atom. The summed E-state index contributed by atoms with van der Waals surface area (Å²) in [4.78, 5) is 0.331. The lowest BCUT2D eigenvalue weighted by atomic mass is 10.0. The van der Waals surface area contributed by atoms with Crippen LogP contribution in [0.15, 0.2) is 29.2 Å². The molecule has 0 atom stereocenters. The normalized spacial score (nSPS) is 16.2. The van der Waals surface area contributed by atoms with Crippen LogP contribution in [0.3, 0.4) is 0 Å². The van der Waals surface area contributed by atoms with Gasteiger partial charge >= 0.3 is 0 Å². The number of nitrogens with one attached hydrogen (secondary N) is 2. The molecule has 21 heavy (non-hydrogen) atoms. The molecule has 1 aromatic carbocycles. The summed E-state index contributed by atoms with van der Waals surface area (Å²) < 4.78 is 26.5. The van der Waals surface area contributed by atoms with Crippen molar-refractivity contribution in [2.75, 3.05) is 18.4 Å². The van der Waals surface area contributed by atoms with Crippen LogP contribution < -0.4 is 10.0 Å². The van der Waals surface area contributed by atoms with Crippen LogP contribution in [0.1, 0.15) is 45.4 Å². The van der Waals surface area contributed by atoms with E-state index in [-0.39, 0.29) is 0 Å². The van der Waals surface area contributed by atoms with E-state index in [0.29, 0.717) is 11.4 Å². The molecule has 4 nitrogen and oxygen atoms in total. The minimum absolute atomic E-state index is 0.331. The maximum Gasteiger partial charge on any atom is 0.240 e. The summed E-state index contributed by atoms with van der Waals surface area (Å²) in [5, 5.41) is 3.38. The molecule has 0 unspecified atom stereocenters. The fourth-order valence-electron chi connectivity index (χ4n) is 2.79. The summed E-state index contributed by atoms with van der Waals surface area (Å²) in [5.41, 5.74) is 0.988. The molecule has 0 aromatic heterocycles. The van der Waals surface area contributed by atoms with Crippen LogP contribution in [-0.4, -0.2) is 21.5 Å². The van der Waals surface area contributed by atoms with Gasteiger partial charge in [-0.25, -0.2) is 13.1 Å². The molecule has 1 fully saturated rings. The summed E-state index contributed by atoms with van der Waals surface area (Å²) >= 11 is 0. The number of hydrogen-bond donors (Lipinski definition) is 2. The monoisotopic (exact) mass is 310 g/mol. The number of anilines is 1. The first-order chi connectivity index (χ1) is 10.1. The van der Waals surface area contributed by atoms with Gasteiger partial charge < -0.3 is 5.32 Å².